The van der Waals surface area contributed by atoms with Crippen molar-refractivity contribution < 1.29 is 4.79 Å². The molecular formula is C13H17N3OS2. The lowest BCUT2D eigenvalue weighted by atomic mass is 9.92. The van der Waals surface area contributed by atoms with Crippen LogP contribution in [-0.2, 0) is 4.79 Å². The van der Waals surface area contributed by atoms with Crippen molar-refractivity contribution in [3.05, 3.63) is 18.2 Å². The van der Waals surface area contributed by atoms with Crippen molar-refractivity contribution in [1.29, 1.82) is 0 Å². The Hall–Kier alpha value is -1.11. The normalized spacial score (nSPS) is 11.8. The van der Waals surface area contributed by atoms with E-state index in [9.17, 15) is 4.79 Å². The van der Waals surface area contributed by atoms with E-state index < -0.39 is 5.41 Å². The number of anilines is 1. The lowest BCUT2D eigenvalue weighted by molar-refractivity contribution is -0.123. The molecule has 1 heterocycles. The Kier molecular flexibility index (Phi) is 4.13. The average Bonchev–Trinajstić information content (AvgIpc) is 2.80. The van der Waals surface area contributed by atoms with Crippen LogP contribution in [0.15, 0.2) is 22.5 Å². The monoisotopic (exact) mass is 295 g/mol. The molecule has 19 heavy (non-hydrogen) atoms. The zero-order valence-electron chi connectivity index (χ0n) is 11.2. The second-order valence-electron chi connectivity index (χ2n) is 4.91. The van der Waals surface area contributed by atoms with Crippen molar-refractivity contribution in [3.63, 3.8) is 0 Å². The van der Waals surface area contributed by atoms with Gasteiger partial charge in [-0.15, -0.1) is 11.3 Å². The third-order valence-electron chi connectivity index (χ3n) is 2.93. The number of thioether (sulfide) groups is 1. The number of thiazole rings is 1. The fraction of sp³-hybridized carbons (Fsp3) is 0.385. The number of nitrogens with zero attached hydrogens (tertiary/aromatic N) is 1. The van der Waals surface area contributed by atoms with E-state index in [2.05, 4.69) is 10.3 Å². The predicted molar refractivity (Wildman–Crippen MR) is 82.9 cm³/mol. The molecule has 2 rings (SSSR count). The number of nitrogens with two attached hydrogens (primary N) is 1. The first-order chi connectivity index (χ1) is 8.96. The van der Waals surface area contributed by atoms with Crippen molar-refractivity contribution >= 4 is 44.9 Å². The Morgan fingerprint density at radius 1 is 1.53 bits per heavy atom. The average molecular weight is 295 g/mol. The van der Waals surface area contributed by atoms with Crippen LogP contribution in [0.2, 0.25) is 0 Å². The molecule has 0 unspecified atom stereocenters. The third-order valence-corrected chi connectivity index (χ3v) is 4.93. The molecule has 0 atom stereocenters. The Morgan fingerprint density at radius 3 is 2.89 bits per heavy atom. The minimum absolute atomic E-state index is 0.0658. The number of nitrogens with one attached hydrogen (secondary N) is 1. The van der Waals surface area contributed by atoms with E-state index in [1.165, 1.54) is 0 Å². The fourth-order valence-electron chi connectivity index (χ4n) is 1.46. The van der Waals surface area contributed by atoms with Gasteiger partial charge in [0.05, 0.1) is 15.6 Å². The SMILES string of the molecule is CSc1nc2ccc(NC(=O)C(C)(C)CN)cc2s1. The molecule has 0 bridgehead atoms. The highest BCUT2D eigenvalue weighted by molar-refractivity contribution is 8.00. The smallest absolute Gasteiger partial charge is 0.231 e. The largest absolute Gasteiger partial charge is 0.329 e. The van der Waals surface area contributed by atoms with Gasteiger partial charge in [-0.25, -0.2) is 4.98 Å². The van der Waals surface area contributed by atoms with E-state index in [1.807, 2.05) is 38.3 Å². The molecule has 4 nitrogen and oxygen atoms in total. The number of hydrogen-bond donors (Lipinski definition) is 2. The van der Waals surface area contributed by atoms with Crippen LogP contribution < -0.4 is 11.1 Å². The van der Waals surface area contributed by atoms with Gasteiger partial charge in [0.15, 0.2) is 4.34 Å². The number of rotatable bonds is 4. The van der Waals surface area contributed by atoms with Crippen molar-refractivity contribution in [1.82, 2.24) is 4.98 Å². The van der Waals surface area contributed by atoms with Crippen molar-refractivity contribution in [2.75, 3.05) is 18.1 Å². The van der Waals surface area contributed by atoms with Crippen LogP contribution in [0.1, 0.15) is 13.8 Å². The maximum atomic E-state index is 12.1. The molecular weight excluding hydrogens is 278 g/mol. The second kappa shape index (κ2) is 5.48. The first kappa shape index (κ1) is 14.3. The Bertz CT molecular complexity index is 607. The van der Waals surface area contributed by atoms with E-state index in [4.69, 9.17) is 5.73 Å². The molecule has 2 aromatic rings. The molecule has 0 saturated carbocycles. The standard InChI is InChI=1S/C13H17N3OS2/c1-13(2,7-14)11(17)15-8-4-5-9-10(6-8)19-12(16-9)18-3/h4-6H,7,14H2,1-3H3,(H,15,17). The fourth-order valence-corrected chi connectivity index (χ4v) is 2.99. The van der Waals surface area contributed by atoms with Gasteiger partial charge in [-0.3, -0.25) is 4.79 Å². The van der Waals surface area contributed by atoms with Gasteiger partial charge < -0.3 is 11.1 Å². The van der Waals surface area contributed by atoms with Crippen LogP contribution in [0.3, 0.4) is 0 Å². The number of hydrogen-bond acceptors (Lipinski definition) is 5. The van der Waals surface area contributed by atoms with Crippen LogP contribution >= 0.6 is 23.1 Å². The van der Waals surface area contributed by atoms with Crippen LogP contribution in [0.25, 0.3) is 10.2 Å². The van der Waals surface area contributed by atoms with Gasteiger partial charge in [-0.1, -0.05) is 11.8 Å². The molecule has 3 N–H and O–H groups in total. The van der Waals surface area contributed by atoms with Gasteiger partial charge in [0.25, 0.3) is 0 Å². The highest BCUT2D eigenvalue weighted by Crippen LogP contribution is 2.30. The minimum Gasteiger partial charge on any atom is -0.329 e. The van der Waals surface area contributed by atoms with Gasteiger partial charge >= 0.3 is 0 Å². The lowest BCUT2D eigenvalue weighted by Gasteiger charge is -2.21. The molecule has 1 aromatic heterocycles. The van der Waals surface area contributed by atoms with Crippen LogP contribution in [0.5, 0.6) is 0 Å². The first-order valence-electron chi connectivity index (χ1n) is 5.92. The number of carbonyl (C=O) groups excluding carboxylic acids is 1. The Labute approximate surface area is 120 Å². The summed E-state index contributed by atoms with van der Waals surface area (Å²) in [5.74, 6) is -0.0658. The number of amides is 1. The van der Waals surface area contributed by atoms with Gasteiger partial charge in [0, 0.05) is 12.2 Å². The molecule has 0 radical (unpaired) electrons. The topological polar surface area (TPSA) is 68.0 Å². The summed E-state index contributed by atoms with van der Waals surface area (Å²) >= 11 is 3.25. The first-order valence-corrected chi connectivity index (χ1v) is 7.96. The molecule has 0 aliphatic rings. The molecule has 1 amide bonds. The van der Waals surface area contributed by atoms with E-state index in [1.54, 1.807) is 23.1 Å². The summed E-state index contributed by atoms with van der Waals surface area (Å²) in [6, 6.07) is 5.75. The van der Waals surface area contributed by atoms with Crippen LogP contribution in [-0.4, -0.2) is 23.7 Å². The number of carbonyl (C=O) groups is 1. The molecule has 1 aromatic carbocycles. The second-order valence-corrected chi connectivity index (χ2v) is 6.99. The number of aromatic nitrogens is 1. The molecule has 0 saturated heterocycles. The Morgan fingerprint density at radius 2 is 2.26 bits per heavy atom. The summed E-state index contributed by atoms with van der Waals surface area (Å²) in [5.41, 5.74) is 6.79. The zero-order valence-corrected chi connectivity index (χ0v) is 12.8. The van der Waals surface area contributed by atoms with E-state index >= 15 is 0 Å². The van der Waals surface area contributed by atoms with Gasteiger partial charge in [-0.2, -0.15) is 0 Å². The van der Waals surface area contributed by atoms with Crippen molar-refractivity contribution in [2.45, 2.75) is 18.2 Å². The summed E-state index contributed by atoms with van der Waals surface area (Å²) in [6.07, 6.45) is 2.00. The number of fused-ring (bicyclic) bond motifs is 1. The summed E-state index contributed by atoms with van der Waals surface area (Å²) in [6.45, 7) is 3.98. The molecule has 0 aliphatic carbocycles. The number of benzene rings is 1. The maximum absolute atomic E-state index is 12.1. The molecule has 0 aliphatic heterocycles. The summed E-state index contributed by atoms with van der Waals surface area (Å²) < 4.78 is 2.11. The highest BCUT2D eigenvalue weighted by atomic mass is 32.2. The minimum atomic E-state index is -0.562. The summed E-state index contributed by atoms with van der Waals surface area (Å²) in [5, 5.41) is 2.91. The third kappa shape index (κ3) is 3.08. The summed E-state index contributed by atoms with van der Waals surface area (Å²) in [4.78, 5) is 16.5. The van der Waals surface area contributed by atoms with Crippen LogP contribution in [0.4, 0.5) is 5.69 Å². The Balaban J connectivity index is 2.24. The maximum Gasteiger partial charge on any atom is 0.231 e. The summed E-state index contributed by atoms with van der Waals surface area (Å²) in [7, 11) is 0. The molecule has 0 fully saturated rings. The van der Waals surface area contributed by atoms with Gasteiger partial charge in [0.2, 0.25) is 5.91 Å². The van der Waals surface area contributed by atoms with E-state index in [0.717, 1.165) is 20.2 Å². The van der Waals surface area contributed by atoms with Gasteiger partial charge in [0.1, 0.15) is 0 Å². The lowest BCUT2D eigenvalue weighted by Crippen LogP contribution is -2.37. The predicted octanol–water partition coefficient (Wildman–Crippen LogP) is 2.94. The van der Waals surface area contributed by atoms with Crippen LogP contribution in [0, 0.1) is 5.41 Å². The quantitative estimate of drug-likeness (QED) is 0.851. The molecule has 102 valence electrons. The zero-order chi connectivity index (χ0) is 14.0. The van der Waals surface area contributed by atoms with E-state index in [-0.39, 0.29) is 5.91 Å². The van der Waals surface area contributed by atoms with Crippen molar-refractivity contribution in [3.8, 4) is 0 Å². The molecule has 6 heteroatoms. The molecule has 0 spiro atoms. The highest BCUT2D eigenvalue weighted by Gasteiger charge is 2.25. The van der Waals surface area contributed by atoms with E-state index in [0.29, 0.717) is 6.54 Å². The van der Waals surface area contributed by atoms with Gasteiger partial charge in [-0.05, 0) is 38.3 Å². The van der Waals surface area contributed by atoms with Crippen molar-refractivity contribution in [2.24, 2.45) is 11.1 Å².